The summed E-state index contributed by atoms with van der Waals surface area (Å²) in [7, 11) is 0. The molecule has 1 aromatic heterocycles. The summed E-state index contributed by atoms with van der Waals surface area (Å²) in [6.45, 7) is 9.54. The van der Waals surface area contributed by atoms with E-state index >= 15 is 0 Å². The minimum Gasteiger partial charge on any atom is -0.350 e. The van der Waals surface area contributed by atoms with Gasteiger partial charge in [-0.15, -0.1) is 0 Å². The maximum atomic E-state index is 13.4. The molecule has 1 N–H and O–H groups in total. The fourth-order valence-corrected chi connectivity index (χ4v) is 4.50. The van der Waals surface area contributed by atoms with Crippen molar-refractivity contribution in [3.05, 3.63) is 60.7 Å². The summed E-state index contributed by atoms with van der Waals surface area (Å²) < 4.78 is 2.13. The Morgan fingerprint density at radius 1 is 0.879 bits per heavy atom. The molecule has 33 heavy (non-hydrogen) atoms. The minimum atomic E-state index is -0.235. The zero-order valence-corrected chi connectivity index (χ0v) is 19.9. The molecule has 174 valence electrons. The number of rotatable bonds is 5. The van der Waals surface area contributed by atoms with Gasteiger partial charge in [0.15, 0.2) is 0 Å². The normalized spacial score (nSPS) is 15.4. The Hall–Kier alpha value is -3.12. The molecule has 0 bridgehead atoms. The van der Waals surface area contributed by atoms with E-state index in [2.05, 4.69) is 45.1 Å². The molecule has 1 fully saturated rings. The summed E-state index contributed by atoms with van der Waals surface area (Å²) in [4.78, 5) is 29.8. The number of carbonyl (C=O) groups is 2. The van der Waals surface area contributed by atoms with Crippen LogP contribution in [0.1, 0.15) is 27.2 Å². The molecule has 0 unspecified atom stereocenters. The maximum absolute atomic E-state index is 13.4. The van der Waals surface area contributed by atoms with Gasteiger partial charge in [0.1, 0.15) is 6.54 Å². The van der Waals surface area contributed by atoms with E-state index in [0.29, 0.717) is 26.2 Å². The monoisotopic (exact) mass is 446 g/mol. The second-order valence-electron chi connectivity index (χ2n) is 9.85. The quantitative estimate of drug-likeness (QED) is 0.649. The van der Waals surface area contributed by atoms with Gasteiger partial charge in [0.05, 0.1) is 6.54 Å². The number of aromatic nitrogens is 1. The number of carbonyl (C=O) groups excluding carboxylic acids is 2. The van der Waals surface area contributed by atoms with Crippen molar-refractivity contribution in [2.45, 2.75) is 39.3 Å². The number of fused-ring (bicyclic) bond motifs is 1. The Kier molecular flexibility index (Phi) is 6.84. The lowest BCUT2D eigenvalue weighted by atomic mass is 10.1. The third kappa shape index (κ3) is 5.82. The summed E-state index contributed by atoms with van der Waals surface area (Å²) in [5, 5.41) is 4.16. The summed E-state index contributed by atoms with van der Waals surface area (Å²) in [6, 6.07) is 20.6. The summed E-state index contributed by atoms with van der Waals surface area (Å²) in [5.41, 5.74) is 3.00. The predicted octanol–water partition coefficient (Wildman–Crippen LogP) is 3.76. The molecule has 6 nitrogen and oxygen atoms in total. The summed E-state index contributed by atoms with van der Waals surface area (Å²) >= 11 is 0. The van der Waals surface area contributed by atoms with Crippen LogP contribution in [0.2, 0.25) is 0 Å². The van der Waals surface area contributed by atoms with Crippen LogP contribution in [0, 0.1) is 0 Å². The fraction of sp³-hybridized carbons (Fsp3) is 0.407. The van der Waals surface area contributed by atoms with Gasteiger partial charge in [-0.25, -0.2) is 0 Å². The van der Waals surface area contributed by atoms with E-state index in [1.165, 1.54) is 0 Å². The highest BCUT2D eigenvalue weighted by atomic mass is 16.2. The van der Waals surface area contributed by atoms with Crippen molar-refractivity contribution in [1.82, 2.24) is 19.7 Å². The molecule has 0 atom stereocenters. The van der Waals surface area contributed by atoms with Gasteiger partial charge in [-0.05, 0) is 44.9 Å². The lowest BCUT2D eigenvalue weighted by Gasteiger charge is -2.25. The minimum absolute atomic E-state index is 0.0357. The van der Waals surface area contributed by atoms with Gasteiger partial charge in [-0.2, -0.15) is 0 Å². The smallest absolute Gasteiger partial charge is 0.242 e. The van der Waals surface area contributed by atoms with Crippen molar-refractivity contribution in [3.8, 4) is 11.3 Å². The molecule has 0 radical (unpaired) electrons. The van der Waals surface area contributed by atoms with Crippen molar-refractivity contribution in [2.75, 3.05) is 32.7 Å². The summed E-state index contributed by atoms with van der Waals surface area (Å²) in [5.74, 6) is 0.156. The molecule has 0 aliphatic carbocycles. The van der Waals surface area contributed by atoms with E-state index in [1.807, 2.05) is 56.0 Å². The van der Waals surface area contributed by atoms with Crippen molar-refractivity contribution >= 4 is 22.7 Å². The maximum Gasteiger partial charge on any atom is 0.242 e. The highest BCUT2D eigenvalue weighted by molar-refractivity contribution is 5.89. The number of nitrogens with one attached hydrogen (secondary N) is 1. The second-order valence-corrected chi connectivity index (χ2v) is 9.85. The molecule has 2 amide bonds. The number of benzene rings is 2. The first kappa shape index (κ1) is 23.1. The number of hydrogen-bond acceptors (Lipinski definition) is 3. The number of amides is 2. The van der Waals surface area contributed by atoms with Crippen LogP contribution in [-0.4, -0.2) is 64.4 Å². The zero-order chi connectivity index (χ0) is 23.4. The molecule has 0 saturated carbocycles. The molecular formula is C27H34N4O2. The van der Waals surface area contributed by atoms with Crippen LogP contribution < -0.4 is 5.32 Å². The first-order valence-corrected chi connectivity index (χ1v) is 11.7. The van der Waals surface area contributed by atoms with Crippen LogP contribution in [0.4, 0.5) is 0 Å². The highest BCUT2D eigenvalue weighted by Crippen LogP contribution is 2.28. The number of nitrogens with zero attached hydrogens (tertiary/aromatic N) is 3. The zero-order valence-electron chi connectivity index (χ0n) is 19.9. The van der Waals surface area contributed by atoms with Gasteiger partial charge in [-0.3, -0.25) is 14.5 Å². The van der Waals surface area contributed by atoms with Crippen LogP contribution in [-0.2, 0) is 16.1 Å². The fourth-order valence-electron chi connectivity index (χ4n) is 4.50. The van der Waals surface area contributed by atoms with E-state index < -0.39 is 0 Å². The van der Waals surface area contributed by atoms with E-state index in [-0.39, 0.29) is 17.4 Å². The molecule has 0 spiro atoms. The van der Waals surface area contributed by atoms with Crippen LogP contribution in [0.5, 0.6) is 0 Å². The molecule has 4 rings (SSSR count). The Morgan fingerprint density at radius 2 is 1.61 bits per heavy atom. The Bertz CT molecular complexity index is 1110. The molecule has 6 heteroatoms. The van der Waals surface area contributed by atoms with Crippen molar-refractivity contribution in [1.29, 1.82) is 0 Å². The summed E-state index contributed by atoms with van der Waals surface area (Å²) in [6.07, 6.45) is 0.868. The van der Waals surface area contributed by atoms with Gasteiger partial charge in [0.2, 0.25) is 11.8 Å². The lowest BCUT2D eigenvalue weighted by Crippen LogP contribution is -2.46. The molecule has 2 aromatic carbocycles. The SMILES string of the molecule is CC(C)(C)NC(=O)CN1CCCN(C(=O)Cn2c(-c3ccccc3)cc3ccccc32)CC1. The average molecular weight is 447 g/mol. The predicted molar refractivity (Wildman–Crippen MR) is 133 cm³/mol. The lowest BCUT2D eigenvalue weighted by molar-refractivity contribution is -0.131. The molecule has 1 saturated heterocycles. The average Bonchev–Trinajstić information content (AvgIpc) is 2.96. The molecule has 1 aliphatic rings. The van der Waals surface area contributed by atoms with Gasteiger partial charge >= 0.3 is 0 Å². The van der Waals surface area contributed by atoms with Gasteiger partial charge < -0.3 is 14.8 Å². The number of para-hydroxylation sites is 1. The molecule has 2 heterocycles. The van der Waals surface area contributed by atoms with Crippen LogP contribution >= 0.6 is 0 Å². The first-order chi connectivity index (χ1) is 15.8. The van der Waals surface area contributed by atoms with E-state index in [9.17, 15) is 9.59 Å². The van der Waals surface area contributed by atoms with Crippen molar-refractivity contribution in [3.63, 3.8) is 0 Å². The number of hydrogen-bond donors (Lipinski definition) is 1. The Morgan fingerprint density at radius 3 is 2.36 bits per heavy atom. The largest absolute Gasteiger partial charge is 0.350 e. The first-order valence-electron chi connectivity index (χ1n) is 11.7. The van der Waals surface area contributed by atoms with Crippen LogP contribution in [0.3, 0.4) is 0 Å². The van der Waals surface area contributed by atoms with Gasteiger partial charge in [0.25, 0.3) is 0 Å². The van der Waals surface area contributed by atoms with Gasteiger partial charge in [-0.1, -0.05) is 48.5 Å². The van der Waals surface area contributed by atoms with Crippen molar-refractivity contribution in [2.24, 2.45) is 0 Å². The molecular weight excluding hydrogens is 412 g/mol. The highest BCUT2D eigenvalue weighted by Gasteiger charge is 2.23. The third-order valence-corrected chi connectivity index (χ3v) is 6.00. The second kappa shape index (κ2) is 9.79. The Balaban J connectivity index is 1.46. The Labute approximate surface area is 196 Å². The van der Waals surface area contributed by atoms with Crippen molar-refractivity contribution < 1.29 is 9.59 Å². The van der Waals surface area contributed by atoms with Crippen LogP contribution in [0.25, 0.3) is 22.2 Å². The van der Waals surface area contributed by atoms with E-state index in [1.54, 1.807) is 0 Å². The third-order valence-electron chi connectivity index (χ3n) is 6.00. The molecule has 3 aromatic rings. The molecule has 1 aliphatic heterocycles. The van der Waals surface area contributed by atoms with E-state index in [0.717, 1.165) is 41.7 Å². The van der Waals surface area contributed by atoms with E-state index in [4.69, 9.17) is 0 Å². The topological polar surface area (TPSA) is 57.6 Å². The standard InChI is InChI=1S/C27H34N4O2/c1-27(2,3)28-25(32)19-29-14-9-15-30(17-16-29)26(33)20-31-23-13-8-7-12-22(23)18-24(31)21-10-5-4-6-11-21/h4-8,10-13,18H,9,14-17,19-20H2,1-3H3,(H,28,32). The van der Waals surface area contributed by atoms with Gasteiger partial charge in [0, 0.05) is 48.3 Å². The van der Waals surface area contributed by atoms with Crippen LogP contribution in [0.15, 0.2) is 60.7 Å².